The summed E-state index contributed by atoms with van der Waals surface area (Å²) in [6.07, 6.45) is 3.07. The third kappa shape index (κ3) is 5.26. The fourth-order valence-electron chi connectivity index (χ4n) is 4.75. The van der Waals surface area contributed by atoms with E-state index in [1.807, 2.05) is 38.4 Å². The molecular formula is C24H36N4O3. The van der Waals surface area contributed by atoms with Gasteiger partial charge in [-0.25, -0.2) is 4.79 Å². The molecule has 0 bridgehead atoms. The lowest BCUT2D eigenvalue weighted by atomic mass is 9.67. The first-order valence-electron chi connectivity index (χ1n) is 11.1. The standard InChI is InChI=1S/C24H36N4O3/c1-23(2,3)19-10-12-24(13-11-19)21(30)28(22(31)26-24)16-20(29)25-14-17-8-6-7-9-18(17)15-27(4)5/h6-9,19H,10-16H2,1-5H3,(H,25,29)(H,26,31). The molecule has 31 heavy (non-hydrogen) atoms. The Morgan fingerprint density at radius 2 is 1.77 bits per heavy atom. The molecule has 1 saturated heterocycles. The Morgan fingerprint density at radius 3 is 2.35 bits per heavy atom. The number of urea groups is 1. The zero-order valence-corrected chi connectivity index (χ0v) is 19.5. The summed E-state index contributed by atoms with van der Waals surface area (Å²) < 4.78 is 0. The van der Waals surface area contributed by atoms with Gasteiger partial charge in [-0.05, 0) is 62.2 Å². The van der Waals surface area contributed by atoms with E-state index in [-0.39, 0.29) is 23.8 Å². The van der Waals surface area contributed by atoms with Crippen molar-refractivity contribution >= 4 is 17.8 Å². The summed E-state index contributed by atoms with van der Waals surface area (Å²) in [5.74, 6) is -0.0565. The number of rotatable bonds is 6. The molecule has 1 spiro atoms. The predicted octanol–water partition coefficient (Wildman–Crippen LogP) is 2.89. The van der Waals surface area contributed by atoms with Crippen LogP contribution in [0.2, 0.25) is 0 Å². The van der Waals surface area contributed by atoms with Gasteiger partial charge in [-0.15, -0.1) is 0 Å². The average molecular weight is 429 g/mol. The molecule has 7 heteroatoms. The Bertz CT molecular complexity index is 835. The average Bonchev–Trinajstić information content (AvgIpc) is 2.90. The van der Waals surface area contributed by atoms with Gasteiger partial charge in [0, 0.05) is 13.1 Å². The molecule has 7 nitrogen and oxygen atoms in total. The zero-order chi connectivity index (χ0) is 22.8. The van der Waals surface area contributed by atoms with Gasteiger partial charge in [0.1, 0.15) is 12.1 Å². The topological polar surface area (TPSA) is 81.8 Å². The highest BCUT2D eigenvalue weighted by Crippen LogP contribution is 2.43. The second-order valence-corrected chi connectivity index (χ2v) is 10.3. The fraction of sp³-hybridized carbons (Fsp3) is 0.625. The smallest absolute Gasteiger partial charge is 0.325 e. The zero-order valence-electron chi connectivity index (χ0n) is 19.5. The van der Waals surface area contributed by atoms with Crippen molar-refractivity contribution in [3.63, 3.8) is 0 Å². The quantitative estimate of drug-likeness (QED) is 0.683. The molecule has 0 unspecified atom stereocenters. The predicted molar refractivity (Wildman–Crippen MR) is 120 cm³/mol. The van der Waals surface area contributed by atoms with Crippen molar-refractivity contribution in [2.45, 2.75) is 65.1 Å². The van der Waals surface area contributed by atoms with Crippen LogP contribution in [0.1, 0.15) is 57.6 Å². The molecular weight excluding hydrogens is 392 g/mol. The number of carbonyl (C=O) groups is 3. The maximum atomic E-state index is 13.1. The lowest BCUT2D eigenvalue weighted by Crippen LogP contribution is -2.51. The van der Waals surface area contributed by atoms with Crippen LogP contribution < -0.4 is 10.6 Å². The van der Waals surface area contributed by atoms with Gasteiger partial charge >= 0.3 is 6.03 Å². The maximum Gasteiger partial charge on any atom is 0.325 e. The summed E-state index contributed by atoms with van der Waals surface area (Å²) in [6.45, 7) is 7.56. The van der Waals surface area contributed by atoms with E-state index in [1.165, 1.54) is 0 Å². The second kappa shape index (κ2) is 8.99. The summed E-state index contributed by atoms with van der Waals surface area (Å²) in [7, 11) is 4.00. The van der Waals surface area contributed by atoms with E-state index in [9.17, 15) is 14.4 Å². The van der Waals surface area contributed by atoms with Crippen molar-refractivity contribution in [3.05, 3.63) is 35.4 Å². The summed E-state index contributed by atoms with van der Waals surface area (Å²) in [6, 6.07) is 7.48. The third-order valence-electron chi connectivity index (χ3n) is 6.69. The van der Waals surface area contributed by atoms with Gasteiger partial charge in [-0.2, -0.15) is 0 Å². The summed E-state index contributed by atoms with van der Waals surface area (Å²) in [5.41, 5.74) is 1.52. The SMILES string of the molecule is CN(C)Cc1ccccc1CNC(=O)CN1C(=O)NC2(CCC(C(C)(C)C)CC2)C1=O. The van der Waals surface area contributed by atoms with Gasteiger partial charge in [0.15, 0.2) is 0 Å². The Labute approximate surface area is 185 Å². The van der Waals surface area contributed by atoms with Crippen molar-refractivity contribution in [2.75, 3.05) is 20.6 Å². The Kier molecular flexibility index (Phi) is 6.74. The molecule has 1 aliphatic heterocycles. The van der Waals surface area contributed by atoms with Gasteiger partial charge in [-0.3, -0.25) is 14.5 Å². The van der Waals surface area contributed by atoms with Crippen LogP contribution in [-0.2, 0) is 22.7 Å². The van der Waals surface area contributed by atoms with Crippen LogP contribution in [0.3, 0.4) is 0 Å². The van der Waals surface area contributed by atoms with E-state index in [0.717, 1.165) is 35.4 Å². The van der Waals surface area contributed by atoms with Crippen LogP contribution in [0.15, 0.2) is 24.3 Å². The summed E-state index contributed by atoms with van der Waals surface area (Å²) >= 11 is 0. The number of carbonyl (C=O) groups excluding carboxylic acids is 3. The molecule has 1 aliphatic carbocycles. The maximum absolute atomic E-state index is 13.1. The summed E-state index contributed by atoms with van der Waals surface area (Å²) in [4.78, 5) is 41.3. The van der Waals surface area contributed by atoms with Crippen LogP contribution >= 0.6 is 0 Å². The van der Waals surface area contributed by atoms with E-state index in [1.54, 1.807) is 0 Å². The van der Waals surface area contributed by atoms with E-state index in [2.05, 4.69) is 36.3 Å². The molecule has 3 rings (SSSR count). The molecule has 0 aromatic heterocycles. The minimum absolute atomic E-state index is 0.190. The minimum Gasteiger partial charge on any atom is -0.350 e. The highest BCUT2D eigenvalue weighted by atomic mass is 16.2. The van der Waals surface area contributed by atoms with Crippen LogP contribution in [-0.4, -0.2) is 53.8 Å². The first-order valence-corrected chi connectivity index (χ1v) is 11.1. The molecule has 1 aromatic carbocycles. The van der Waals surface area contributed by atoms with E-state index in [0.29, 0.717) is 25.3 Å². The Morgan fingerprint density at radius 1 is 1.16 bits per heavy atom. The molecule has 4 amide bonds. The van der Waals surface area contributed by atoms with E-state index < -0.39 is 11.6 Å². The molecule has 0 radical (unpaired) electrons. The van der Waals surface area contributed by atoms with Crippen molar-refractivity contribution in [2.24, 2.45) is 11.3 Å². The van der Waals surface area contributed by atoms with Crippen molar-refractivity contribution in [1.29, 1.82) is 0 Å². The first kappa shape index (κ1) is 23.3. The number of imide groups is 1. The van der Waals surface area contributed by atoms with Gasteiger partial charge in [0.25, 0.3) is 5.91 Å². The third-order valence-corrected chi connectivity index (χ3v) is 6.69. The minimum atomic E-state index is -0.836. The molecule has 2 fully saturated rings. The fourth-order valence-corrected chi connectivity index (χ4v) is 4.75. The highest BCUT2D eigenvalue weighted by Gasteiger charge is 2.53. The monoisotopic (exact) mass is 428 g/mol. The van der Waals surface area contributed by atoms with E-state index >= 15 is 0 Å². The lowest BCUT2D eigenvalue weighted by molar-refractivity contribution is -0.136. The molecule has 1 heterocycles. The molecule has 0 atom stereocenters. The number of hydrogen-bond acceptors (Lipinski definition) is 4. The van der Waals surface area contributed by atoms with Gasteiger partial charge in [0.05, 0.1) is 0 Å². The molecule has 170 valence electrons. The highest BCUT2D eigenvalue weighted by molar-refractivity contribution is 6.09. The first-order chi connectivity index (χ1) is 14.5. The number of hydrogen-bond donors (Lipinski definition) is 2. The normalized spacial score (nSPS) is 24.1. The second-order valence-electron chi connectivity index (χ2n) is 10.3. The van der Waals surface area contributed by atoms with Crippen molar-refractivity contribution < 1.29 is 14.4 Å². The van der Waals surface area contributed by atoms with Crippen LogP contribution in [0.25, 0.3) is 0 Å². The molecule has 1 saturated carbocycles. The number of nitrogens with one attached hydrogen (secondary N) is 2. The Balaban J connectivity index is 1.58. The Hall–Kier alpha value is -2.41. The van der Waals surface area contributed by atoms with Gasteiger partial charge in [0.2, 0.25) is 5.91 Å². The number of nitrogens with zero attached hydrogens (tertiary/aromatic N) is 2. The van der Waals surface area contributed by atoms with Gasteiger partial charge in [-0.1, -0.05) is 45.0 Å². The molecule has 2 aliphatic rings. The molecule has 2 N–H and O–H groups in total. The van der Waals surface area contributed by atoms with Crippen LogP contribution in [0.4, 0.5) is 4.79 Å². The molecule has 1 aromatic rings. The van der Waals surface area contributed by atoms with Gasteiger partial charge < -0.3 is 15.5 Å². The number of benzene rings is 1. The van der Waals surface area contributed by atoms with Crippen molar-refractivity contribution in [3.8, 4) is 0 Å². The van der Waals surface area contributed by atoms with Crippen LogP contribution in [0, 0.1) is 11.3 Å². The summed E-state index contributed by atoms with van der Waals surface area (Å²) in [5, 5.41) is 5.77. The van der Waals surface area contributed by atoms with Crippen LogP contribution in [0.5, 0.6) is 0 Å². The number of amides is 4. The van der Waals surface area contributed by atoms with E-state index in [4.69, 9.17) is 0 Å². The van der Waals surface area contributed by atoms with Crippen molar-refractivity contribution in [1.82, 2.24) is 20.4 Å². The largest absolute Gasteiger partial charge is 0.350 e. The lowest BCUT2D eigenvalue weighted by Gasteiger charge is -2.40.